The van der Waals surface area contributed by atoms with Crippen LogP contribution in [0.2, 0.25) is 0 Å². The van der Waals surface area contributed by atoms with Gasteiger partial charge in [-0.1, -0.05) is 41.5 Å². The van der Waals surface area contributed by atoms with Gasteiger partial charge in [-0.25, -0.2) is 0 Å². The fraction of sp³-hybridized carbons (Fsp3) is 0.875. The molecule has 0 unspecified atom stereocenters. The van der Waals surface area contributed by atoms with Gasteiger partial charge in [0.2, 0.25) is 0 Å². The molecule has 0 aromatic rings. The van der Waals surface area contributed by atoms with Crippen molar-refractivity contribution in [2.75, 3.05) is 6.61 Å². The summed E-state index contributed by atoms with van der Waals surface area (Å²) in [6.45, 7) is 15.4. The fourth-order valence-corrected chi connectivity index (χ4v) is 2.06. The van der Waals surface area contributed by atoms with E-state index >= 15 is 0 Å². The Morgan fingerprint density at radius 1 is 0.900 bits per heavy atom. The van der Waals surface area contributed by atoms with Crippen molar-refractivity contribution in [3.05, 3.63) is 0 Å². The normalized spacial score (nSPS) is 12.7. The van der Waals surface area contributed by atoms with E-state index in [9.17, 15) is 9.59 Å². The minimum atomic E-state index is -0.574. The molecule has 20 heavy (non-hydrogen) atoms. The second kappa shape index (κ2) is 7.09. The van der Waals surface area contributed by atoms with E-state index in [1.165, 1.54) is 0 Å². The summed E-state index contributed by atoms with van der Waals surface area (Å²) < 4.78 is 10.8. The van der Waals surface area contributed by atoms with Crippen LogP contribution in [-0.2, 0) is 19.1 Å². The number of ether oxygens (including phenoxy) is 2. The predicted molar refractivity (Wildman–Crippen MR) is 79.2 cm³/mol. The Hall–Kier alpha value is -1.06. The number of esters is 2. The third-order valence-electron chi connectivity index (χ3n) is 2.83. The summed E-state index contributed by atoms with van der Waals surface area (Å²) in [5, 5.41) is 0. The fourth-order valence-electron chi connectivity index (χ4n) is 2.06. The third kappa shape index (κ3) is 7.51. The van der Waals surface area contributed by atoms with Gasteiger partial charge in [0.25, 0.3) is 0 Å². The van der Waals surface area contributed by atoms with Crippen molar-refractivity contribution >= 4 is 11.9 Å². The average Bonchev–Trinajstić information content (AvgIpc) is 2.23. The lowest BCUT2D eigenvalue weighted by atomic mass is 9.82. The number of hydrogen-bond acceptors (Lipinski definition) is 4. The second-order valence-electron chi connectivity index (χ2n) is 7.44. The lowest BCUT2D eigenvalue weighted by Gasteiger charge is -2.34. The Morgan fingerprint density at radius 3 is 1.75 bits per heavy atom. The topological polar surface area (TPSA) is 52.6 Å². The molecule has 4 nitrogen and oxygen atoms in total. The van der Waals surface area contributed by atoms with E-state index in [-0.39, 0.29) is 29.2 Å². The number of carbonyl (C=O) groups is 2. The maximum absolute atomic E-state index is 11.7. The van der Waals surface area contributed by atoms with Crippen molar-refractivity contribution in [1.82, 2.24) is 0 Å². The molecular formula is C16H30O4. The molecular weight excluding hydrogens is 256 g/mol. The van der Waals surface area contributed by atoms with Gasteiger partial charge >= 0.3 is 11.9 Å². The van der Waals surface area contributed by atoms with Crippen molar-refractivity contribution in [3.8, 4) is 0 Å². The van der Waals surface area contributed by atoms with Crippen LogP contribution >= 0.6 is 0 Å². The third-order valence-corrected chi connectivity index (χ3v) is 2.83. The van der Waals surface area contributed by atoms with Gasteiger partial charge in [0, 0.05) is 5.41 Å². The molecule has 0 atom stereocenters. The summed E-state index contributed by atoms with van der Waals surface area (Å²) in [4.78, 5) is 23.2. The molecule has 0 saturated carbocycles. The highest BCUT2D eigenvalue weighted by molar-refractivity contribution is 5.72. The van der Waals surface area contributed by atoms with Crippen LogP contribution < -0.4 is 0 Å². The van der Waals surface area contributed by atoms with E-state index in [1.54, 1.807) is 0 Å². The summed E-state index contributed by atoms with van der Waals surface area (Å²) in [6.07, 6.45) is 0.629. The van der Waals surface area contributed by atoms with Crippen LogP contribution in [0.3, 0.4) is 0 Å². The van der Waals surface area contributed by atoms with Gasteiger partial charge in [0.1, 0.15) is 5.60 Å². The van der Waals surface area contributed by atoms with Crippen LogP contribution in [0.1, 0.15) is 61.8 Å². The largest absolute Gasteiger partial charge is 0.465 e. The van der Waals surface area contributed by atoms with Gasteiger partial charge in [-0.15, -0.1) is 0 Å². The first-order valence-corrected chi connectivity index (χ1v) is 7.26. The molecule has 0 rings (SSSR count). The van der Waals surface area contributed by atoms with E-state index in [1.807, 2.05) is 55.4 Å². The second-order valence-corrected chi connectivity index (χ2v) is 7.44. The van der Waals surface area contributed by atoms with Gasteiger partial charge < -0.3 is 9.47 Å². The molecule has 0 N–H and O–H groups in total. The van der Waals surface area contributed by atoms with Crippen molar-refractivity contribution in [1.29, 1.82) is 0 Å². The molecule has 4 heteroatoms. The first-order valence-electron chi connectivity index (χ1n) is 7.26. The first-order chi connectivity index (χ1) is 8.86. The Labute approximate surface area is 123 Å². The molecule has 0 spiro atoms. The summed E-state index contributed by atoms with van der Waals surface area (Å²) in [7, 11) is 0. The zero-order valence-corrected chi connectivity index (χ0v) is 14.2. The Morgan fingerprint density at radius 2 is 1.35 bits per heavy atom. The van der Waals surface area contributed by atoms with Crippen molar-refractivity contribution in [2.45, 2.75) is 67.4 Å². The Bertz CT molecular complexity index is 340. The lowest BCUT2D eigenvalue weighted by Crippen LogP contribution is -2.37. The molecule has 0 bridgehead atoms. The molecule has 0 heterocycles. The van der Waals surface area contributed by atoms with Gasteiger partial charge in [-0.3, -0.25) is 9.59 Å². The van der Waals surface area contributed by atoms with E-state index in [2.05, 4.69) is 0 Å². The standard InChI is InChI=1S/C16H30O4/c1-11(2)13(17)19-10-15(5,6)9-16(7,8)20-14(18)12(3)4/h11-12H,9-10H2,1-8H3. The molecule has 0 fully saturated rings. The molecule has 0 amide bonds. The minimum Gasteiger partial charge on any atom is -0.465 e. The average molecular weight is 286 g/mol. The lowest BCUT2D eigenvalue weighted by molar-refractivity contribution is -0.166. The van der Waals surface area contributed by atoms with Crippen molar-refractivity contribution < 1.29 is 19.1 Å². The summed E-state index contributed by atoms with van der Waals surface area (Å²) in [6, 6.07) is 0. The maximum atomic E-state index is 11.7. The first kappa shape index (κ1) is 18.9. The quantitative estimate of drug-likeness (QED) is 0.671. The highest BCUT2D eigenvalue weighted by Crippen LogP contribution is 2.31. The van der Waals surface area contributed by atoms with Crippen molar-refractivity contribution in [2.24, 2.45) is 17.3 Å². The van der Waals surface area contributed by atoms with Crippen LogP contribution in [0.4, 0.5) is 0 Å². The number of hydrogen-bond donors (Lipinski definition) is 0. The number of rotatable bonds is 7. The van der Waals surface area contributed by atoms with Gasteiger partial charge in [0.05, 0.1) is 18.4 Å². The Balaban J connectivity index is 4.49. The van der Waals surface area contributed by atoms with E-state index in [0.717, 1.165) is 0 Å². The minimum absolute atomic E-state index is 0.127. The van der Waals surface area contributed by atoms with Crippen LogP contribution in [-0.4, -0.2) is 24.1 Å². The highest BCUT2D eigenvalue weighted by atomic mass is 16.6. The zero-order valence-electron chi connectivity index (χ0n) is 14.2. The summed E-state index contributed by atoms with van der Waals surface area (Å²) in [5.74, 6) is -0.672. The van der Waals surface area contributed by atoms with Gasteiger partial charge in [0.15, 0.2) is 0 Å². The van der Waals surface area contributed by atoms with Crippen molar-refractivity contribution in [3.63, 3.8) is 0 Å². The molecule has 0 aromatic heterocycles. The van der Waals surface area contributed by atoms with E-state index < -0.39 is 5.60 Å². The molecule has 0 aliphatic rings. The zero-order chi connectivity index (χ0) is 16.1. The molecule has 0 saturated heterocycles. The monoisotopic (exact) mass is 286 g/mol. The van der Waals surface area contributed by atoms with Gasteiger partial charge in [-0.05, 0) is 20.3 Å². The van der Waals surface area contributed by atoms with Gasteiger partial charge in [-0.2, -0.15) is 0 Å². The SMILES string of the molecule is CC(C)C(=O)OCC(C)(C)CC(C)(C)OC(=O)C(C)C. The van der Waals surface area contributed by atoms with E-state index in [4.69, 9.17) is 9.47 Å². The molecule has 0 aliphatic heterocycles. The van der Waals surface area contributed by atoms with Crippen LogP contribution in [0, 0.1) is 17.3 Å². The molecule has 0 radical (unpaired) electrons. The summed E-state index contributed by atoms with van der Waals surface area (Å²) in [5.41, 5.74) is -0.819. The summed E-state index contributed by atoms with van der Waals surface area (Å²) >= 11 is 0. The van der Waals surface area contributed by atoms with E-state index in [0.29, 0.717) is 13.0 Å². The molecule has 0 aromatic carbocycles. The molecule has 0 aliphatic carbocycles. The van der Waals surface area contributed by atoms with Crippen LogP contribution in [0.15, 0.2) is 0 Å². The Kier molecular flexibility index (Phi) is 6.72. The van der Waals surface area contributed by atoms with Crippen LogP contribution in [0.25, 0.3) is 0 Å². The number of carbonyl (C=O) groups excluding carboxylic acids is 2. The maximum Gasteiger partial charge on any atom is 0.308 e. The predicted octanol–water partition coefficient (Wildman–Crippen LogP) is 3.58. The molecule has 118 valence electrons. The highest BCUT2D eigenvalue weighted by Gasteiger charge is 2.33. The smallest absolute Gasteiger partial charge is 0.308 e. The van der Waals surface area contributed by atoms with Crippen LogP contribution in [0.5, 0.6) is 0 Å².